The monoisotopic (exact) mass is 549 g/mol. The highest BCUT2D eigenvalue weighted by molar-refractivity contribution is 7.93. The maximum absolute atomic E-state index is 12.1. The molecule has 0 amide bonds. The Morgan fingerprint density at radius 2 is 1.08 bits per heavy atom. The van der Waals surface area contributed by atoms with Gasteiger partial charge in [-0.2, -0.15) is 5.26 Å². The minimum atomic E-state index is -3.66. The van der Waals surface area contributed by atoms with Crippen LogP contribution in [0.4, 0.5) is 11.4 Å². The van der Waals surface area contributed by atoms with Crippen molar-refractivity contribution in [1.82, 2.24) is 0 Å². The zero-order valence-electron chi connectivity index (χ0n) is 19.8. The quantitative estimate of drug-likeness (QED) is 0.117. The second kappa shape index (κ2) is 12.4. The molecule has 0 aromatic heterocycles. The summed E-state index contributed by atoms with van der Waals surface area (Å²) in [7, 11) is -7.25. The molecular formula is C26H23N5O5S2. The van der Waals surface area contributed by atoms with Gasteiger partial charge in [-0.3, -0.25) is 9.44 Å². The number of nitrogens with one attached hydrogen (secondary N) is 2. The van der Waals surface area contributed by atoms with Crippen LogP contribution in [0.1, 0.15) is 11.1 Å². The second-order valence-electron chi connectivity index (χ2n) is 7.59. The molecule has 0 aliphatic carbocycles. The fraction of sp³-hybridized carbons (Fsp3) is 0. The predicted molar refractivity (Wildman–Crippen MR) is 145 cm³/mol. The van der Waals surface area contributed by atoms with Crippen molar-refractivity contribution in [2.24, 2.45) is 10.9 Å². The number of para-hydroxylation sites is 2. The highest BCUT2D eigenvalue weighted by atomic mass is 32.2. The Bertz CT molecular complexity index is 1640. The number of nitrogens with two attached hydrogens (primary N) is 1. The third-order valence-corrected chi connectivity index (χ3v) is 7.71. The summed E-state index contributed by atoms with van der Waals surface area (Å²) in [5.41, 5.74) is 7.25. The van der Waals surface area contributed by atoms with Gasteiger partial charge in [0.25, 0.3) is 20.0 Å². The van der Waals surface area contributed by atoms with E-state index in [0.29, 0.717) is 22.5 Å². The predicted octanol–water partition coefficient (Wildman–Crippen LogP) is 3.94. The average molecular weight is 550 g/mol. The minimum absolute atomic E-state index is 0.0787. The van der Waals surface area contributed by atoms with Gasteiger partial charge in [0.05, 0.1) is 21.4 Å². The van der Waals surface area contributed by atoms with Crippen LogP contribution in [0.2, 0.25) is 0 Å². The molecule has 12 heteroatoms. The van der Waals surface area contributed by atoms with Gasteiger partial charge in [-0.15, -0.1) is 0 Å². The van der Waals surface area contributed by atoms with Crippen molar-refractivity contribution in [3.05, 3.63) is 120 Å². The first-order chi connectivity index (χ1) is 18.1. The molecule has 0 aliphatic heterocycles. The lowest BCUT2D eigenvalue weighted by atomic mass is 10.2. The van der Waals surface area contributed by atoms with E-state index >= 15 is 0 Å². The number of nitrogens with zero attached hydrogens (tertiary/aromatic N) is 2. The molecule has 0 bridgehead atoms. The molecule has 0 unspecified atom stereocenters. The van der Waals surface area contributed by atoms with Gasteiger partial charge in [0, 0.05) is 16.9 Å². The lowest BCUT2D eigenvalue weighted by molar-refractivity contribution is 0.318. The van der Waals surface area contributed by atoms with Gasteiger partial charge >= 0.3 is 0 Å². The largest absolute Gasteiger partial charge is 0.409 e. The highest BCUT2D eigenvalue weighted by Crippen LogP contribution is 2.17. The first-order valence-corrected chi connectivity index (χ1v) is 13.8. The number of hydrogen-bond acceptors (Lipinski definition) is 7. The van der Waals surface area contributed by atoms with Crippen LogP contribution in [0.3, 0.4) is 0 Å². The first-order valence-electron chi connectivity index (χ1n) is 10.9. The van der Waals surface area contributed by atoms with E-state index in [2.05, 4.69) is 14.6 Å². The summed E-state index contributed by atoms with van der Waals surface area (Å²) in [5.74, 6) is -0.0787. The smallest absolute Gasteiger partial charge is 0.261 e. The van der Waals surface area contributed by atoms with Crippen LogP contribution in [0.25, 0.3) is 0 Å². The lowest BCUT2D eigenvalue weighted by Gasteiger charge is -2.08. The van der Waals surface area contributed by atoms with E-state index in [1.54, 1.807) is 60.7 Å². The third kappa shape index (κ3) is 7.57. The molecule has 0 saturated heterocycles. The van der Waals surface area contributed by atoms with Crippen molar-refractivity contribution in [1.29, 1.82) is 5.26 Å². The topological polar surface area (TPSA) is 175 Å². The molecule has 0 aliphatic rings. The maximum atomic E-state index is 12.1. The summed E-state index contributed by atoms with van der Waals surface area (Å²) in [6.45, 7) is 0. The van der Waals surface area contributed by atoms with Gasteiger partial charge < -0.3 is 10.9 Å². The van der Waals surface area contributed by atoms with Crippen LogP contribution < -0.4 is 15.2 Å². The molecule has 10 nitrogen and oxygen atoms in total. The van der Waals surface area contributed by atoms with Crippen LogP contribution in [0.15, 0.2) is 124 Å². The molecule has 0 spiro atoms. The molecule has 194 valence electrons. The second-order valence-corrected chi connectivity index (χ2v) is 11.0. The fourth-order valence-corrected chi connectivity index (χ4v) is 5.13. The minimum Gasteiger partial charge on any atom is -0.409 e. The summed E-state index contributed by atoms with van der Waals surface area (Å²) in [6, 6.07) is 30.6. The van der Waals surface area contributed by atoms with Gasteiger partial charge in [0.2, 0.25) is 0 Å². The van der Waals surface area contributed by atoms with Crippen LogP contribution >= 0.6 is 0 Å². The molecule has 0 fully saturated rings. The number of rotatable bonds is 7. The number of amidine groups is 1. The Kier molecular flexibility index (Phi) is 9.04. The molecular weight excluding hydrogens is 526 g/mol. The van der Waals surface area contributed by atoms with E-state index in [9.17, 15) is 16.8 Å². The highest BCUT2D eigenvalue weighted by Gasteiger charge is 2.15. The van der Waals surface area contributed by atoms with Gasteiger partial charge in [-0.05, 0) is 72.8 Å². The summed E-state index contributed by atoms with van der Waals surface area (Å²) >= 11 is 0. The van der Waals surface area contributed by atoms with E-state index in [1.165, 1.54) is 48.5 Å². The molecule has 0 heterocycles. The van der Waals surface area contributed by atoms with Crippen LogP contribution in [0.5, 0.6) is 0 Å². The molecule has 38 heavy (non-hydrogen) atoms. The van der Waals surface area contributed by atoms with E-state index < -0.39 is 20.0 Å². The third-order valence-electron chi connectivity index (χ3n) is 4.91. The maximum Gasteiger partial charge on any atom is 0.261 e. The van der Waals surface area contributed by atoms with Gasteiger partial charge in [0.15, 0.2) is 5.84 Å². The zero-order valence-corrected chi connectivity index (χ0v) is 21.4. The van der Waals surface area contributed by atoms with E-state index in [4.69, 9.17) is 16.2 Å². The molecule has 4 aromatic rings. The number of benzene rings is 4. The number of hydrogen-bond donors (Lipinski definition) is 4. The number of sulfonamides is 2. The molecule has 0 radical (unpaired) electrons. The number of anilines is 2. The fourth-order valence-electron chi connectivity index (χ4n) is 3.01. The van der Waals surface area contributed by atoms with Crippen molar-refractivity contribution in [2.45, 2.75) is 9.79 Å². The molecule has 4 rings (SSSR count). The molecule has 0 saturated carbocycles. The van der Waals surface area contributed by atoms with Crippen LogP contribution in [-0.2, 0) is 20.0 Å². The Hall–Kier alpha value is -4.86. The zero-order chi connectivity index (χ0) is 27.6. The Labute approximate surface area is 220 Å². The summed E-state index contributed by atoms with van der Waals surface area (Å²) in [6.07, 6.45) is 0. The Morgan fingerprint density at radius 1 is 0.684 bits per heavy atom. The molecule has 5 N–H and O–H groups in total. The number of oxime groups is 1. The lowest BCUT2D eigenvalue weighted by Crippen LogP contribution is -2.15. The van der Waals surface area contributed by atoms with E-state index in [-0.39, 0.29) is 15.6 Å². The average Bonchev–Trinajstić information content (AvgIpc) is 2.94. The van der Waals surface area contributed by atoms with Crippen molar-refractivity contribution in [3.8, 4) is 6.07 Å². The Balaban J connectivity index is 0.000000212. The van der Waals surface area contributed by atoms with Gasteiger partial charge in [-0.1, -0.05) is 41.6 Å². The van der Waals surface area contributed by atoms with Gasteiger partial charge in [-0.25, -0.2) is 16.8 Å². The summed E-state index contributed by atoms with van der Waals surface area (Å²) in [5, 5.41) is 20.0. The SMILES string of the molecule is N#Cc1ccc(S(=O)(=O)Nc2ccccc2)cc1.NC(=NO)c1ccc(S(=O)(=O)Nc2ccccc2)cc1. The van der Waals surface area contributed by atoms with Crippen molar-refractivity contribution in [3.63, 3.8) is 0 Å². The Morgan fingerprint density at radius 3 is 1.45 bits per heavy atom. The first kappa shape index (κ1) is 27.7. The van der Waals surface area contributed by atoms with Crippen LogP contribution in [-0.4, -0.2) is 27.9 Å². The van der Waals surface area contributed by atoms with E-state index in [0.717, 1.165) is 0 Å². The van der Waals surface area contributed by atoms with Crippen molar-refractivity contribution < 1.29 is 22.0 Å². The van der Waals surface area contributed by atoms with Crippen molar-refractivity contribution >= 4 is 37.3 Å². The van der Waals surface area contributed by atoms with Crippen molar-refractivity contribution in [2.75, 3.05) is 9.44 Å². The standard InChI is InChI=1S/C13H13N3O3S.C13H10N2O2S/c14-13(15-17)10-6-8-12(9-7-10)20(18,19)16-11-4-2-1-3-5-11;14-10-11-6-8-13(9-7-11)18(16,17)15-12-4-2-1-3-5-12/h1-9,16-17H,(H2,14,15);1-9,15H. The molecule has 0 atom stereocenters. The van der Waals surface area contributed by atoms with Crippen LogP contribution in [0, 0.1) is 11.3 Å². The van der Waals surface area contributed by atoms with E-state index in [1.807, 2.05) is 6.07 Å². The summed E-state index contributed by atoms with van der Waals surface area (Å²) < 4.78 is 53.2. The number of nitriles is 1. The van der Waals surface area contributed by atoms with Gasteiger partial charge in [0.1, 0.15) is 0 Å². The molecule has 4 aromatic carbocycles. The normalized spacial score (nSPS) is 11.4. The summed E-state index contributed by atoms with van der Waals surface area (Å²) in [4.78, 5) is 0.223.